The van der Waals surface area contributed by atoms with E-state index in [1.165, 1.54) is 0 Å². The van der Waals surface area contributed by atoms with Crippen LogP contribution in [-0.2, 0) is 7.05 Å². The number of aryl methyl sites for hydroxylation is 1. The number of benzene rings is 1. The molecular formula is C17H19N3O4. The van der Waals surface area contributed by atoms with Crippen LogP contribution in [0.2, 0.25) is 0 Å². The van der Waals surface area contributed by atoms with Gasteiger partial charge in [0.05, 0.1) is 0 Å². The van der Waals surface area contributed by atoms with Gasteiger partial charge in [-0.3, -0.25) is 4.79 Å². The van der Waals surface area contributed by atoms with Crippen molar-refractivity contribution >= 4 is 22.7 Å². The Bertz CT molecular complexity index is 861. The van der Waals surface area contributed by atoms with Crippen LogP contribution in [0.5, 0.6) is 0 Å². The number of nitrogens with zero attached hydrogens (tertiary/aromatic N) is 1. The Morgan fingerprint density at radius 1 is 1.25 bits per heavy atom. The van der Waals surface area contributed by atoms with Gasteiger partial charge in [-0.15, -0.1) is 0 Å². The summed E-state index contributed by atoms with van der Waals surface area (Å²) in [5.41, 5.74) is -1.99. The van der Waals surface area contributed by atoms with E-state index in [9.17, 15) is 19.8 Å². The number of carbonyl (C=O) groups excluding carboxylic acids is 2. The Labute approximate surface area is 138 Å². The molecule has 2 amide bonds. The van der Waals surface area contributed by atoms with Crippen molar-refractivity contribution in [2.24, 2.45) is 13.0 Å². The average Bonchev–Trinajstić information content (AvgIpc) is 2.99. The Balaban J connectivity index is 1.67. The molecule has 1 aromatic heterocycles. The second-order valence-electron chi connectivity index (χ2n) is 6.77. The summed E-state index contributed by atoms with van der Waals surface area (Å²) < 4.78 is 1.90. The summed E-state index contributed by atoms with van der Waals surface area (Å²) in [6.45, 7) is 0. The van der Waals surface area contributed by atoms with Crippen LogP contribution in [0.15, 0.2) is 30.5 Å². The van der Waals surface area contributed by atoms with Gasteiger partial charge in [0.1, 0.15) is 0 Å². The maximum atomic E-state index is 13.0. The third kappa shape index (κ3) is 1.98. The minimum Gasteiger partial charge on any atom is -0.367 e. The summed E-state index contributed by atoms with van der Waals surface area (Å²) in [6.07, 6.45) is 2.28. The molecule has 2 fully saturated rings. The third-order valence-electron chi connectivity index (χ3n) is 5.25. The summed E-state index contributed by atoms with van der Waals surface area (Å²) in [5, 5.41) is 26.6. The molecule has 1 saturated heterocycles. The van der Waals surface area contributed by atoms with Crippen LogP contribution in [0.1, 0.15) is 29.6 Å². The lowest BCUT2D eigenvalue weighted by atomic mass is 9.75. The fourth-order valence-corrected chi connectivity index (χ4v) is 3.93. The fourth-order valence-electron chi connectivity index (χ4n) is 3.93. The van der Waals surface area contributed by atoms with E-state index in [0.717, 1.165) is 10.9 Å². The van der Waals surface area contributed by atoms with E-state index in [0.29, 0.717) is 12.0 Å². The fraction of sp³-hybridized carbons (Fsp3) is 0.412. The van der Waals surface area contributed by atoms with E-state index in [4.69, 9.17) is 0 Å². The predicted octanol–water partition coefficient (Wildman–Crippen LogP) is 0.851. The summed E-state index contributed by atoms with van der Waals surface area (Å²) >= 11 is 0. The normalized spacial score (nSPS) is 32.3. The van der Waals surface area contributed by atoms with E-state index in [1.54, 1.807) is 6.20 Å². The second kappa shape index (κ2) is 4.81. The Morgan fingerprint density at radius 2 is 1.96 bits per heavy atom. The second-order valence-corrected chi connectivity index (χ2v) is 6.77. The van der Waals surface area contributed by atoms with Crippen molar-refractivity contribution in [1.29, 1.82) is 0 Å². The SMILES string of the molecule is Cn1cc(C(=O)[C@@H]2CC[C@]3(O)NC(=O)N[C@@]3(O)C2)c2ccccc21. The molecule has 2 heterocycles. The van der Waals surface area contributed by atoms with Crippen molar-refractivity contribution in [2.45, 2.75) is 30.7 Å². The average molecular weight is 329 g/mol. The molecule has 3 atom stereocenters. The van der Waals surface area contributed by atoms with Gasteiger partial charge in [0, 0.05) is 48.5 Å². The predicted molar refractivity (Wildman–Crippen MR) is 86.2 cm³/mol. The largest absolute Gasteiger partial charge is 0.367 e. The Hall–Kier alpha value is -2.38. The summed E-state index contributed by atoms with van der Waals surface area (Å²) in [5.74, 6) is -0.551. The minimum atomic E-state index is -1.83. The van der Waals surface area contributed by atoms with E-state index < -0.39 is 23.4 Å². The van der Waals surface area contributed by atoms with E-state index in [2.05, 4.69) is 10.6 Å². The van der Waals surface area contributed by atoms with Crippen molar-refractivity contribution < 1.29 is 19.8 Å². The zero-order valence-corrected chi connectivity index (χ0v) is 13.2. The van der Waals surface area contributed by atoms with Gasteiger partial charge in [0.2, 0.25) is 0 Å². The summed E-state index contributed by atoms with van der Waals surface area (Å²) in [4.78, 5) is 24.5. The molecule has 1 aliphatic carbocycles. The summed E-state index contributed by atoms with van der Waals surface area (Å²) in [7, 11) is 1.88. The highest BCUT2D eigenvalue weighted by molar-refractivity contribution is 6.09. The first-order valence-corrected chi connectivity index (χ1v) is 7.96. The molecule has 7 heteroatoms. The van der Waals surface area contributed by atoms with Gasteiger partial charge in [-0.2, -0.15) is 0 Å². The Morgan fingerprint density at radius 3 is 2.75 bits per heavy atom. The highest BCUT2D eigenvalue weighted by Gasteiger charge is 2.60. The van der Waals surface area contributed by atoms with Gasteiger partial charge >= 0.3 is 6.03 Å². The van der Waals surface area contributed by atoms with Crippen molar-refractivity contribution in [3.8, 4) is 0 Å². The zero-order chi connectivity index (χ0) is 17.1. The number of aliphatic hydroxyl groups is 2. The van der Waals surface area contributed by atoms with Crippen molar-refractivity contribution in [3.05, 3.63) is 36.0 Å². The molecule has 0 radical (unpaired) electrons. The van der Waals surface area contributed by atoms with E-state index >= 15 is 0 Å². The number of nitrogens with one attached hydrogen (secondary N) is 2. The highest BCUT2D eigenvalue weighted by atomic mass is 16.4. The van der Waals surface area contributed by atoms with Crippen LogP contribution in [-0.4, -0.2) is 38.0 Å². The smallest absolute Gasteiger partial charge is 0.319 e. The van der Waals surface area contributed by atoms with E-state index in [1.807, 2.05) is 35.9 Å². The number of fused-ring (bicyclic) bond motifs is 2. The van der Waals surface area contributed by atoms with Crippen molar-refractivity contribution in [1.82, 2.24) is 15.2 Å². The zero-order valence-electron chi connectivity index (χ0n) is 13.2. The molecule has 4 rings (SSSR count). The first-order valence-electron chi connectivity index (χ1n) is 7.96. The van der Waals surface area contributed by atoms with Gasteiger partial charge in [-0.05, 0) is 12.5 Å². The summed E-state index contributed by atoms with van der Waals surface area (Å²) in [6, 6.07) is 7.02. The van der Waals surface area contributed by atoms with Crippen LogP contribution in [0.3, 0.4) is 0 Å². The molecule has 0 spiro atoms. The highest BCUT2D eigenvalue weighted by Crippen LogP contribution is 2.41. The van der Waals surface area contributed by atoms with Crippen molar-refractivity contribution in [3.63, 3.8) is 0 Å². The number of rotatable bonds is 2. The molecular weight excluding hydrogens is 310 g/mol. The van der Waals surface area contributed by atoms with Crippen LogP contribution in [0.4, 0.5) is 4.79 Å². The molecule has 2 aliphatic rings. The van der Waals surface area contributed by atoms with E-state index in [-0.39, 0.29) is 18.6 Å². The number of para-hydroxylation sites is 1. The third-order valence-corrected chi connectivity index (χ3v) is 5.25. The molecule has 1 saturated carbocycles. The van der Waals surface area contributed by atoms with Crippen molar-refractivity contribution in [2.75, 3.05) is 0 Å². The molecule has 4 N–H and O–H groups in total. The molecule has 0 unspecified atom stereocenters. The number of carbonyl (C=O) groups is 2. The lowest BCUT2D eigenvalue weighted by molar-refractivity contribution is -0.181. The minimum absolute atomic E-state index is 0.0235. The van der Waals surface area contributed by atoms with Gasteiger partial charge in [0.25, 0.3) is 0 Å². The molecule has 24 heavy (non-hydrogen) atoms. The Kier molecular flexibility index (Phi) is 3.04. The molecule has 2 aromatic rings. The quantitative estimate of drug-likeness (QED) is 0.613. The van der Waals surface area contributed by atoms with Gasteiger partial charge in [-0.25, -0.2) is 4.79 Å². The van der Waals surface area contributed by atoms with Crippen LogP contribution in [0, 0.1) is 5.92 Å². The number of urea groups is 1. The topological polar surface area (TPSA) is 104 Å². The first-order chi connectivity index (χ1) is 11.3. The lowest BCUT2D eigenvalue weighted by Crippen LogP contribution is -2.64. The molecule has 126 valence electrons. The molecule has 0 bridgehead atoms. The monoisotopic (exact) mass is 329 g/mol. The standard InChI is InChI=1S/C17H19N3O4/c1-20-9-12(11-4-2-3-5-13(11)20)14(21)10-6-7-16(23)17(24,8-10)19-15(22)18-16/h2-5,9-10,23-24H,6-8H2,1H3,(H2,18,19,22)/t10-,16-,17-/m1/s1. The number of hydrogen-bond acceptors (Lipinski definition) is 4. The molecule has 1 aromatic carbocycles. The van der Waals surface area contributed by atoms with Crippen LogP contribution < -0.4 is 10.6 Å². The van der Waals surface area contributed by atoms with Crippen LogP contribution in [0.25, 0.3) is 10.9 Å². The van der Waals surface area contributed by atoms with Gasteiger partial charge in [-0.1, -0.05) is 18.2 Å². The van der Waals surface area contributed by atoms with Gasteiger partial charge in [0.15, 0.2) is 17.2 Å². The lowest BCUT2D eigenvalue weighted by Gasteiger charge is -2.42. The number of aromatic nitrogens is 1. The molecule has 1 aliphatic heterocycles. The maximum Gasteiger partial charge on any atom is 0.319 e. The number of hydrogen-bond donors (Lipinski definition) is 4. The first kappa shape index (κ1) is 15.2. The number of ketones is 1. The molecule has 7 nitrogen and oxygen atoms in total. The van der Waals surface area contributed by atoms with Gasteiger partial charge < -0.3 is 25.4 Å². The number of amides is 2. The van der Waals surface area contributed by atoms with Crippen LogP contribution >= 0.6 is 0 Å². The maximum absolute atomic E-state index is 13.0. The number of Topliss-reactive ketones (excluding diaryl/α,β-unsaturated/α-hetero) is 1.